The molecule has 0 bridgehead atoms. The summed E-state index contributed by atoms with van der Waals surface area (Å²) in [7, 11) is 0. The molecule has 0 amide bonds. The number of hydrogen-bond acceptors (Lipinski definition) is 4. The first-order chi connectivity index (χ1) is 12.3. The predicted octanol–water partition coefficient (Wildman–Crippen LogP) is 2.95. The molecule has 1 aliphatic rings. The summed E-state index contributed by atoms with van der Waals surface area (Å²) in [5.41, 5.74) is 3.45. The molecule has 0 radical (unpaired) electrons. The highest BCUT2D eigenvalue weighted by atomic mass is 16.3. The summed E-state index contributed by atoms with van der Waals surface area (Å²) in [5, 5.41) is 17.6. The SMILES string of the molecule is C#Cc1cccc(-c2cc3nccc(NC4CCC(CO)C4)n3n2)c1. The van der Waals surface area contributed by atoms with Crippen molar-refractivity contribution in [2.75, 3.05) is 11.9 Å². The van der Waals surface area contributed by atoms with E-state index in [9.17, 15) is 5.11 Å². The molecule has 5 nitrogen and oxygen atoms in total. The molecule has 2 atom stereocenters. The highest BCUT2D eigenvalue weighted by Crippen LogP contribution is 2.28. The second kappa shape index (κ2) is 6.58. The van der Waals surface area contributed by atoms with Crippen LogP contribution < -0.4 is 5.32 Å². The molecule has 3 aromatic rings. The molecular weight excluding hydrogens is 312 g/mol. The van der Waals surface area contributed by atoms with Gasteiger partial charge in [-0.1, -0.05) is 18.1 Å². The quantitative estimate of drug-likeness (QED) is 0.721. The average molecular weight is 332 g/mol. The Hall–Kier alpha value is -2.84. The number of terminal acetylenes is 1. The van der Waals surface area contributed by atoms with Crippen molar-refractivity contribution in [3.05, 3.63) is 48.2 Å². The molecule has 25 heavy (non-hydrogen) atoms. The zero-order chi connectivity index (χ0) is 17.2. The number of aliphatic hydroxyl groups is 1. The second-order valence-corrected chi connectivity index (χ2v) is 6.56. The number of fused-ring (bicyclic) bond motifs is 1. The Morgan fingerprint density at radius 2 is 2.20 bits per heavy atom. The van der Waals surface area contributed by atoms with Gasteiger partial charge in [-0.2, -0.15) is 9.61 Å². The number of benzene rings is 1. The lowest BCUT2D eigenvalue weighted by Gasteiger charge is -2.14. The van der Waals surface area contributed by atoms with E-state index in [0.717, 1.165) is 47.5 Å². The molecule has 1 aromatic carbocycles. The minimum absolute atomic E-state index is 0.265. The van der Waals surface area contributed by atoms with Gasteiger partial charge in [-0.05, 0) is 43.4 Å². The Morgan fingerprint density at radius 1 is 1.28 bits per heavy atom. The summed E-state index contributed by atoms with van der Waals surface area (Å²) < 4.78 is 1.84. The molecule has 0 aliphatic heterocycles. The van der Waals surface area contributed by atoms with Gasteiger partial charge in [0.15, 0.2) is 5.65 Å². The van der Waals surface area contributed by atoms with Crippen LogP contribution in [0.3, 0.4) is 0 Å². The summed E-state index contributed by atoms with van der Waals surface area (Å²) in [6.45, 7) is 0.265. The van der Waals surface area contributed by atoms with E-state index in [2.05, 4.69) is 16.2 Å². The third-order valence-electron chi connectivity index (χ3n) is 4.83. The first kappa shape index (κ1) is 15.7. The van der Waals surface area contributed by atoms with Crippen molar-refractivity contribution < 1.29 is 5.11 Å². The van der Waals surface area contributed by atoms with Gasteiger partial charge < -0.3 is 10.4 Å². The summed E-state index contributed by atoms with van der Waals surface area (Å²) >= 11 is 0. The van der Waals surface area contributed by atoms with E-state index in [-0.39, 0.29) is 6.61 Å². The van der Waals surface area contributed by atoms with Crippen LogP contribution in [0.15, 0.2) is 42.6 Å². The molecule has 0 saturated heterocycles. The van der Waals surface area contributed by atoms with Gasteiger partial charge in [0.05, 0.1) is 5.69 Å². The average Bonchev–Trinajstić information content (AvgIpc) is 3.29. The summed E-state index contributed by atoms with van der Waals surface area (Å²) in [4.78, 5) is 4.42. The third-order valence-corrected chi connectivity index (χ3v) is 4.83. The van der Waals surface area contributed by atoms with E-state index in [1.807, 2.05) is 40.9 Å². The Kier molecular flexibility index (Phi) is 4.12. The maximum atomic E-state index is 9.32. The number of anilines is 1. The zero-order valence-electron chi connectivity index (χ0n) is 13.9. The molecule has 1 aliphatic carbocycles. The van der Waals surface area contributed by atoms with Gasteiger partial charge in [0.25, 0.3) is 0 Å². The van der Waals surface area contributed by atoms with Crippen LogP contribution in [0.2, 0.25) is 0 Å². The molecule has 2 unspecified atom stereocenters. The van der Waals surface area contributed by atoms with E-state index in [0.29, 0.717) is 12.0 Å². The van der Waals surface area contributed by atoms with Crippen molar-refractivity contribution in [2.24, 2.45) is 5.92 Å². The van der Waals surface area contributed by atoms with Gasteiger partial charge in [-0.15, -0.1) is 6.42 Å². The molecule has 1 saturated carbocycles. The van der Waals surface area contributed by atoms with Gasteiger partial charge in [-0.25, -0.2) is 4.98 Å². The molecule has 5 heteroatoms. The van der Waals surface area contributed by atoms with Gasteiger partial charge in [0.2, 0.25) is 0 Å². The van der Waals surface area contributed by atoms with Gasteiger partial charge >= 0.3 is 0 Å². The van der Waals surface area contributed by atoms with Crippen LogP contribution in [0.1, 0.15) is 24.8 Å². The van der Waals surface area contributed by atoms with E-state index < -0.39 is 0 Å². The molecule has 2 heterocycles. The van der Waals surface area contributed by atoms with Gasteiger partial charge in [-0.3, -0.25) is 0 Å². The van der Waals surface area contributed by atoms with Crippen molar-refractivity contribution in [3.8, 4) is 23.6 Å². The lowest BCUT2D eigenvalue weighted by Crippen LogP contribution is -2.18. The summed E-state index contributed by atoms with van der Waals surface area (Å²) in [6, 6.07) is 12.1. The minimum atomic E-state index is 0.265. The first-order valence-electron chi connectivity index (χ1n) is 8.56. The largest absolute Gasteiger partial charge is 0.396 e. The molecular formula is C20H20N4O. The van der Waals surface area contributed by atoms with Crippen molar-refractivity contribution in [3.63, 3.8) is 0 Å². The normalized spacial score (nSPS) is 19.8. The highest BCUT2D eigenvalue weighted by molar-refractivity contribution is 5.67. The number of hydrogen-bond donors (Lipinski definition) is 2. The van der Waals surface area contributed by atoms with E-state index in [4.69, 9.17) is 11.5 Å². The molecule has 126 valence electrons. The van der Waals surface area contributed by atoms with Crippen molar-refractivity contribution >= 4 is 11.5 Å². The summed E-state index contributed by atoms with van der Waals surface area (Å²) in [5.74, 6) is 3.98. The van der Waals surface area contributed by atoms with Crippen molar-refractivity contribution in [2.45, 2.75) is 25.3 Å². The van der Waals surface area contributed by atoms with Gasteiger partial charge in [0.1, 0.15) is 5.82 Å². The fraction of sp³-hybridized carbons (Fsp3) is 0.300. The van der Waals surface area contributed by atoms with E-state index >= 15 is 0 Å². The topological polar surface area (TPSA) is 62.5 Å². The Balaban J connectivity index is 1.66. The number of aliphatic hydroxyl groups excluding tert-OH is 1. The fourth-order valence-electron chi connectivity index (χ4n) is 3.49. The lowest BCUT2D eigenvalue weighted by atomic mass is 10.1. The second-order valence-electron chi connectivity index (χ2n) is 6.56. The minimum Gasteiger partial charge on any atom is -0.396 e. The number of aromatic nitrogens is 3. The standard InChI is InChI=1S/C20H20N4O/c1-2-14-4-3-5-16(10-14)18-12-20-21-9-8-19(24(20)23-18)22-17-7-6-15(11-17)13-25/h1,3-5,8-10,12,15,17,22,25H,6-7,11,13H2. The maximum absolute atomic E-state index is 9.32. The van der Waals surface area contributed by atoms with E-state index in [1.165, 1.54) is 0 Å². The number of nitrogens with one attached hydrogen (secondary N) is 1. The van der Waals surface area contributed by atoms with Gasteiger partial charge in [0, 0.05) is 36.0 Å². The fourth-order valence-corrected chi connectivity index (χ4v) is 3.49. The van der Waals surface area contributed by atoms with Crippen LogP contribution in [0, 0.1) is 18.3 Å². The van der Waals surface area contributed by atoms with Crippen LogP contribution in [-0.4, -0.2) is 32.4 Å². The monoisotopic (exact) mass is 332 g/mol. The van der Waals surface area contributed by atoms with Crippen LogP contribution in [0.5, 0.6) is 0 Å². The smallest absolute Gasteiger partial charge is 0.157 e. The third kappa shape index (κ3) is 3.09. The van der Waals surface area contributed by atoms with Crippen molar-refractivity contribution in [1.29, 1.82) is 0 Å². The molecule has 2 aromatic heterocycles. The molecule has 1 fully saturated rings. The molecule has 2 N–H and O–H groups in total. The van der Waals surface area contributed by atoms with E-state index in [1.54, 1.807) is 6.20 Å². The predicted molar refractivity (Wildman–Crippen MR) is 98.2 cm³/mol. The first-order valence-corrected chi connectivity index (χ1v) is 8.56. The Labute approximate surface area is 146 Å². The highest BCUT2D eigenvalue weighted by Gasteiger charge is 2.24. The Morgan fingerprint density at radius 3 is 3.00 bits per heavy atom. The molecule has 4 rings (SSSR count). The zero-order valence-corrected chi connectivity index (χ0v) is 13.9. The van der Waals surface area contributed by atoms with Crippen molar-refractivity contribution in [1.82, 2.24) is 14.6 Å². The number of rotatable bonds is 4. The Bertz CT molecular complexity index is 940. The van der Waals surface area contributed by atoms with Crippen LogP contribution in [-0.2, 0) is 0 Å². The van der Waals surface area contributed by atoms with Crippen LogP contribution >= 0.6 is 0 Å². The molecule has 0 spiro atoms. The summed E-state index contributed by atoms with van der Waals surface area (Å²) in [6.07, 6.45) is 10.4. The number of nitrogens with zero attached hydrogens (tertiary/aromatic N) is 3. The van der Waals surface area contributed by atoms with Crippen LogP contribution in [0.25, 0.3) is 16.9 Å². The maximum Gasteiger partial charge on any atom is 0.157 e. The van der Waals surface area contributed by atoms with Crippen LogP contribution in [0.4, 0.5) is 5.82 Å². The lowest BCUT2D eigenvalue weighted by molar-refractivity contribution is 0.229.